The Morgan fingerprint density at radius 1 is 1.12 bits per heavy atom. The van der Waals surface area contributed by atoms with Gasteiger partial charge in [-0.2, -0.15) is 0 Å². The summed E-state index contributed by atoms with van der Waals surface area (Å²) in [5, 5.41) is 7.33. The Hall–Kier alpha value is -3.54. The number of fused-ring (bicyclic) bond motifs is 1. The molecular weight excluding hydrogens is 333 g/mol. The Morgan fingerprint density at radius 3 is 2.73 bits per heavy atom. The van der Waals surface area contributed by atoms with Crippen LogP contribution in [0.5, 0.6) is 0 Å². The molecule has 2 aromatic heterocycles. The lowest BCUT2D eigenvalue weighted by atomic mass is 10.0. The molecule has 0 unspecified atom stereocenters. The van der Waals surface area contributed by atoms with Crippen molar-refractivity contribution in [3.63, 3.8) is 0 Å². The number of aromatic nitrogens is 2. The molecule has 4 rings (SSSR count). The van der Waals surface area contributed by atoms with E-state index in [2.05, 4.69) is 15.5 Å². The number of hydrogen-bond acceptors (Lipinski definition) is 4. The Morgan fingerprint density at radius 2 is 1.96 bits per heavy atom. The lowest BCUT2D eigenvalue weighted by Gasteiger charge is -2.08. The number of anilines is 1. The first-order chi connectivity index (χ1) is 12.6. The Balaban J connectivity index is 1.59. The molecule has 128 valence electrons. The summed E-state index contributed by atoms with van der Waals surface area (Å²) in [6, 6.07) is 13.2. The third kappa shape index (κ3) is 2.93. The highest BCUT2D eigenvalue weighted by Gasteiger charge is 2.12. The largest absolute Gasteiger partial charge is 0.356 e. The molecule has 1 amide bonds. The zero-order valence-corrected chi connectivity index (χ0v) is 13.9. The maximum Gasteiger partial charge on any atom is 0.259 e. The molecule has 0 fully saturated rings. The summed E-state index contributed by atoms with van der Waals surface area (Å²) >= 11 is 0. The van der Waals surface area contributed by atoms with E-state index in [0.717, 1.165) is 22.1 Å². The Bertz CT molecular complexity index is 1100. The fourth-order valence-corrected chi connectivity index (χ4v) is 2.80. The number of aryl methyl sites for hydroxylation is 1. The van der Waals surface area contributed by atoms with Gasteiger partial charge >= 0.3 is 0 Å². The number of carbonyl (C=O) groups is 1. The van der Waals surface area contributed by atoms with Crippen molar-refractivity contribution in [3.8, 4) is 11.1 Å². The number of pyridine rings is 1. The van der Waals surface area contributed by atoms with Crippen LogP contribution >= 0.6 is 0 Å². The van der Waals surface area contributed by atoms with Gasteiger partial charge in [-0.25, -0.2) is 9.37 Å². The van der Waals surface area contributed by atoms with Crippen LogP contribution in [0.1, 0.15) is 15.9 Å². The van der Waals surface area contributed by atoms with Crippen molar-refractivity contribution in [1.82, 2.24) is 10.1 Å². The molecule has 6 heteroatoms. The van der Waals surface area contributed by atoms with Crippen LogP contribution in [0, 0.1) is 12.7 Å². The van der Waals surface area contributed by atoms with E-state index >= 15 is 0 Å². The van der Waals surface area contributed by atoms with Gasteiger partial charge in [-0.3, -0.25) is 4.79 Å². The monoisotopic (exact) mass is 347 g/mol. The van der Waals surface area contributed by atoms with Gasteiger partial charge in [0.05, 0.1) is 11.8 Å². The molecule has 0 aliphatic heterocycles. The third-order valence-corrected chi connectivity index (χ3v) is 4.13. The smallest absolute Gasteiger partial charge is 0.259 e. The highest BCUT2D eigenvalue weighted by atomic mass is 19.1. The normalized spacial score (nSPS) is 10.8. The van der Waals surface area contributed by atoms with Crippen molar-refractivity contribution >= 4 is 22.7 Å². The minimum atomic E-state index is -0.572. The fourth-order valence-electron chi connectivity index (χ4n) is 2.80. The number of halogens is 1. The molecule has 2 heterocycles. The van der Waals surface area contributed by atoms with Gasteiger partial charge in [-0.15, -0.1) is 0 Å². The van der Waals surface area contributed by atoms with E-state index in [-0.39, 0.29) is 5.56 Å². The molecule has 4 aromatic rings. The van der Waals surface area contributed by atoms with Crippen molar-refractivity contribution < 1.29 is 13.7 Å². The average molecular weight is 347 g/mol. The van der Waals surface area contributed by atoms with Crippen LogP contribution in [-0.4, -0.2) is 16.0 Å². The molecule has 0 saturated carbocycles. The first-order valence-electron chi connectivity index (χ1n) is 7.99. The van der Waals surface area contributed by atoms with E-state index in [0.29, 0.717) is 11.4 Å². The van der Waals surface area contributed by atoms with Crippen molar-refractivity contribution in [3.05, 3.63) is 77.9 Å². The zero-order valence-electron chi connectivity index (χ0n) is 13.9. The maximum absolute atomic E-state index is 13.7. The van der Waals surface area contributed by atoms with Gasteiger partial charge in [0, 0.05) is 17.1 Å². The first-order valence-corrected chi connectivity index (χ1v) is 7.99. The SMILES string of the molecule is Cc1cc2cnoc2cc1-c1ccc(NC(=O)c2ccccc2F)nc1. The van der Waals surface area contributed by atoms with Crippen LogP contribution in [0.25, 0.3) is 22.1 Å². The molecule has 0 aliphatic rings. The lowest BCUT2D eigenvalue weighted by Crippen LogP contribution is -2.14. The summed E-state index contributed by atoms with van der Waals surface area (Å²) < 4.78 is 18.9. The molecule has 0 atom stereocenters. The fraction of sp³-hybridized carbons (Fsp3) is 0.0500. The van der Waals surface area contributed by atoms with Gasteiger partial charge in [0.15, 0.2) is 5.58 Å². The van der Waals surface area contributed by atoms with E-state index in [9.17, 15) is 9.18 Å². The van der Waals surface area contributed by atoms with E-state index in [1.807, 2.05) is 25.1 Å². The lowest BCUT2D eigenvalue weighted by molar-refractivity contribution is 0.102. The van der Waals surface area contributed by atoms with E-state index < -0.39 is 11.7 Å². The number of nitrogens with zero attached hydrogens (tertiary/aromatic N) is 2. The summed E-state index contributed by atoms with van der Waals surface area (Å²) in [5.41, 5.74) is 3.58. The Labute approximate surface area is 148 Å². The molecule has 1 N–H and O–H groups in total. The van der Waals surface area contributed by atoms with Crippen LogP contribution in [0.15, 0.2) is 65.4 Å². The predicted molar refractivity (Wildman–Crippen MR) is 96.3 cm³/mol. The quantitative estimate of drug-likeness (QED) is 0.588. The second kappa shape index (κ2) is 6.40. The summed E-state index contributed by atoms with van der Waals surface area (Å²) in [6.45, 7) is 2.00. The number of nitrogens with one attached hydrogen (secondary N) is 1. The van der Waals surface area contributed by atoms with Crippen molar-refractivity contribution in [1.29, 1.82) is 0 Å². The molecule has 0 spiro atoms. The van der Waals surface area contributed by atoms with Crippen LogP contribution in [-0.2, 0) is 0 Å². The van der Waals surface area contributed by atoms with Crippen molar-refractivity contribution in [2.45, 2.75) is 6.92 Å². The van der Waals surface area contributed by atoms with E-state index in [1.54, 1.807) is 24.5 Å². The second-order valence-electron chi connectivity index (χ2n) is 5.90. The number of hydrogen-bond donors (Lipinski definition) is 1. The summed E-state index contributed by atoms with van der Waals surface area (Å²) in [4.78, 5) is 16.4. The standard InChI is InChI=1S/C20H14FN3O2/c1-12-8-14-11-23-26-18(14)9-16(12)13-6-7-19(22-10-13)24-20(25)15-4-2-3-5-17(15)21/h2-11H,1H3,(H,22,24,25). The summed E-state index contributed by atoms with van der Waals surface area (Å²) in [6.07, 6.45) is 3.33. The molecule has 0 bridgehead atoms. The highest BCUT2D eigenvalue weighted by molar-refractivity contribution is 6.04. The van der Waals surface area contributed by atoms with Gasteiger partial charge in [0.25, 0.3) is 5.91 Å². The number of carbonyl (C=O) groups excluding carboxylic acids is 1. The van der Waals surface area contributed by atoms with Gasteiger partial charge in [0.1, 0.15) is 11.6 Å². The summed E-state index contributed by atoms with van der Waals surface area (Å²) in [5.74, 6) is -0.763. The van der Waals surface area contributed by atoms with Gasteiger partial charge < -0.3 is 9.84 Å². The molecule has 2 aromatic carbocycles. The topological polar surface area (TPSA) is 68.0 Å². The minimum Gasteiger partial charge on any atom is -0.356 e. The maximum atomic E-state index is 13.7. The highest BCUT2D eigenvalue weighted by Crippen LogP contribution is 2.28. The third-order valence-electron chi connectivity index (χ3n) is 4.13. The van der Waals surface area contributed by atoms with Crippen LogP contribution in [0.3, 0.4) is 0 Å². The molecular formula is C20H14FN3O2. The predicted octanol–water partition coefficient (Wildman–Crippen LogP) is 4.59. The van der Waals surface area contributed by atoms with Crippen molar-refractivity contribution in [2.24, 2.45) is 0 Å². The van der Waals surface area contributed by atoms with E-state index in [4.69, 9.17) is 4.52 Å². The molecule has 5 nitrogen and oxygen atoms in total. The molecule has 26 heavy (non-hydrogen) atoms. The van der Waals surface area contributed by atoms with Crippen LogP contribution in [0.4, 0.5) is 10.2 Å². The second-order valence-corrected chi connectivity index (χ2v) is 5.90. The van der Waals surface area contributed by atoms with Crippen LogP contribution in [0.2, 0.25) is 0 Å². The zero-order chi connectivity index (χ0) is 18.1. The molecule has 0 saturated heterocycles. The average Bonchev–Trinajstić information content (AvgIpc) is 3.09. The van der Waals surface area contributed by atoms with Gasteiger partial charge in [0.2, 0.25) is 0 Å². The van der Waals surface area contributed by atoms with Crippen LogP contribution < -0.4 is 5.32 Å². The minimum absolute atomic E-state index is 0.0232. The molecule has 0 radical (unpaired) electrons. The number of rotatable bonds is 3. The summed E-state index contributed by atoms with van der Waals surface area (Å²) in [7, 11) is 0. The van der Waals surface area contributed by atoms with Gasteiger partial charge in [-0.1, -0.05) is 17.3 Å². The first kappa shape index (κ1) is 16.0. The number of amides is 1. The molecule has 0 aliphatic carbocycles. The van der Waals surface area contributed by atoms with E-state index in [1.165, 1.54) is 18.2 Å². The van der Waals surface area contributed by atoms with Crippen molar-refractivity contribution in [2.75, 3.05) is 5.32 Å². The van der Waals surface area contributed by atoms with Gasteiger partial charge in [-0.05, 0) is 54.4 Å². The Kier molecular flexibility index (Phi) is 3.93. The number of benzene rings is 2.